The number of hydrogen-bond acceptors (Lipinski definition) is 4. The Labute approximate surface area is 134 Å². The average Bonchev–Trinajstić information content (AvgIpc) is 3.05. The van der Waals surface area contributed by atoms with E-state index >= 15 is 0 Å². The summed E-state index contributed by atoms with van der Waals surface area (Å²) in [7, 11) is 1.56. The highest BCUT2D eigenvalue weighted by Crippen LogP contribution is 2.25. The van der Waals surface area contributed by atoms with Crippen LogP contribution in [0.15, 0.2) is 47.1 Å². The Bertz CT molecular complexity index is 634. The topological polar surface area (TPSA) is 88.8 Å². The van der Waals surface area contributed by atoms with E-state index in [1.807, 2.05) is 0 Å². The predicted molar refractivity (Wildman–Crippen MR) is 83.2 cm³/mol. The number of rotatable bonds is 8. The van der Waals surface area contributed by atoms with Crippen molar-refractivity contribution >= 4 is 11.9 Å². The zero-order valence-electron chi connectivity index (χ0n) is 12.8. The first-order valence-electron chi connectivity index (χ1n) is 7.23. The van der Waals surface area contributed by atoms with Gasteiger partial charge in [-0.15, -0.1) is 0 Å². The van der Waals surface area contributed by atoms with Crippen LogP contribution >= 0.6 is 0 Å². The summed E-state index contributed by atoms with van der Waals surface area (Å²) in [6.45, 7) is 0.286. The molecule has 2 aromatic rings. The SMILES string of the molecule is COc1ccc(C(CC(=O)O)CC(=O)NCc2ccco2)cc1. The van der Waals surface area contributed by atoms with Gasteiger partial charge in [-0.3, -0.25) is 9.59 Å². The van der Waals surface area contributed by atoms with Crippen molar-refractivity contribution in [2.45, 2.75) is 25.3 Å². The molecule has 0 fully saturated rings. The molecule has 0 saturated carbocycles. The molecule has 1 atom stereocenters. The smallest absolute Gasteiger partial charge is 0.303 e. The van der Waals surface area contributed by atoms with Crippen molar-refractivity contribution in [2.75, 3.05) is 7.11 Å². The summed E-state index contributed by atoms with van der Waals surface area (Å²) in [6, 6.07) is 10.6. The Morgan fingerprint density at radius 3 is 2.52 bits per heavy atom. The van der Waals surface area contributed by atoms with Crippen LogP contribution in [0.3, 0.4) is 0 Å². The fraction of sp³-hybridized carbons (Fsp3) is 0.294. The van der Waals surface area contributed by atoms with Gasteiger partial charge in [0.05, 0.1) is 26.3 Å². The molecular weight excluding hydrogens is 298 g/mol. The van der Waals surface area contributed by atoms with E-state index in [9.17, 15) is 9.59 Å². The maximum atomic E-state index is 12.1. The minimum atomic E-state index is -0.940. The zero-order valence-corrected chi connectivity index (χ0v) is 12.8. The van der Waals surface area contributed by atoms with Gasteiger partial charge in [-0.05, 0) is 29.8 Å². The van der Waals surface area contributed by atoms with Crippen molar-refractivity contribution in [3.05, 3.63) is 54.0 Å². The van der Waals surface area contributed by atoms with Crippen molar-refractivity contribution in [1.82, 2.24) is 5.32 Å². The number of hydrogen-bond donors (Lipinski definition) is 2. The monoisotopic (exact) mass is 317 g/mol. The molecule has 2 rings (SSSR count). The number of benzene rings is 1. The number of carboxylic acid groups (broad SMARTS) is 1. The minimum absolute atomic E-state index is 0.0966. The molecule has 23 heavy (non-hydrogen) atoms. The molecule has 0 bridgehead atoms. The van der Waals surface area contributed by atoms with Crippen LogP contribution in [-0.4, -0.2) is 24.1 Å². The second kappa shape index (κ2) is 8.03. The van der Waals surface area contributed by atoms with Crippen LogP contribution in [0, 0.1) is 0 Å². The molecule has 6 nitrogen and oxygen atoms in total. The van der Waals surface area contributed by atoms with Crippen molar-refractivity contribution < 1.29 is 23.8 Å². The first-order chi connectivity index (χ1) is 11.1. The first kappa shape index (κ1) is 16.6. The summed E-state index contributed by atoms with van der Waals surface area (Å²) in [6.07, 6.45) is 1.52. The third-order valence-electron chi connectivity index (χ3n) is 3.48. The van der Waals surface area contributed by atoms with Gasteiger partial charge in [-0.1, -0.05) is 12.1 Å². The van der Waals surface area contributed by atoms with Gasteiger partial charge in [0.1, 0.15) is 11.5 Å². The molecule has 1 aromatic heterocycles. The molecular formula is C17H19NO5. The summed E-state index contributed by atoms with van der Waals surface area (Å²) in [4.78, 5) is 23.1. The Morgan fingerprint density at radius 1 is 1.22 bits per heavy atom. The molecule has 0 spiro atoms. The van der Waals surface area contributed by atoms with E-state index in [2.05, 4.69) is 5.32 Å². The molecule has 0 aliphatic heterocycles. The van der Waals surface area contributed by atoms with Crippen molar-refractivity contribution in [2.24, 2.45) is 0 Å². The molecule has 0 saturated heterocycles. The van der Waals surface area contributed by atoms with E-state index in [1.54, 1.807) is 43.5 Å². The lowest BCUT2D eigenvalue weighted by Crippen LogP contribution is -2.25. The highest BCUT2D eigenvalue weighted by molar-refractivity contribution is 5.78. The summed E-state index contributed by atoms with van der Waals surface area (Å²) in [5.74, 6) is -0.217. The van der Waals surface area contributed by atoms with Crippen molar-refractivity contribution in [3.63, 3.8) is 0 Å². The second-order valence-electron chi connectivity index (χ2n) is 5.13. The van der Waals surface area contributed by atoms with E-state index in [0.29, 0.717) is 11.5 Å². The number of aliphatic carboxylic acids is 1. The van der Waals surface area contributed by atoms with Gasteiger partial charge in [0.2, 0.25) is 5.91 Å². The van der Waals surface area contributed by atoms with Crippen LogP contribution in [0.5, 0.6) is 5.75 Å². The second-order valence-corrected chi connectivity index (χ2v) is 5.13. The normalized spacial score (nSPS) is 11.7. The van der Waals surface area contributed by atoms with Gasteiger partial charge in [0, 0.05) is 12.3 Å². The van der Waals surface area contributed by atoms with Crippen LogP contribution in [0.4, 0.5) is 0 Å². The minimum Gasteiger partial charge on any atom is -0.497 e. The fourth-order valence-corrected chi connectivity index (χ4v) is 2.29. The molecule has 1 amide bonds. The first-order valence-corrected chi connectivity index (χ1v) is 7.23. The molecule has 122 valence electrons. The summed E-state index contributed by atoms with van der Waals surface area (Å²) >= 11 is 0. The Balaban J connectivity index is 1.99. The largest absolute Gasteiger partial charge is 0.497 e. The van der Waals surface area contributed by atoms with E-state index in [1.165, 1.54) is 6.26 Å². The van der Waals surface area contributed by atoms with Gasteiger partial charge >= 0.3 is 5.97 Å². The lowest BCUT2D eigenvalue weighted by molar-refractivity contribution is -0.137. The third kappa shape index (κ3) is 5.18. The summed E-state index contributed by atoms with van der Waals surface area (Å²) in [5, 5.41) is 11.8. The molecule has 0 aliphatic rings. The summed E-state index contributed by atoms with van der Waals surface area (Å²) < 4.78 is 10.2. The number of nitrogens with one attached hydrogen (secondary N) is 1. The number of methoxy groups -OCH3 is 1. The molecule has 0 aliphatic carbocycles. The van der Waals surface area contributed by atoms with E-state index in [4.69, 9.17) is 14.3 Å². The molecule has 2 N–H and O–H groups in total. The van der Waals surface area contributed by atoms with E-state index in [-0.39, 0.29) is 25.3 Å². The number of ether oxygens (including phenoxy) is 1. The van der Waals surface area contributed by atoms with Crippen LogP contribution in [0.25, 0.3) is 0 Å². The molecule has 6 heteroatoms. The van der Waals surface area contributed by atoms with Gasteiger partial charge in [0.25, 0.3) is 0 Å². The summed E-state index contributed by atoms with van der Waals surface area (Å²) in [5.41, 5.74) is 0.793. The number of furan rings is 1. The fourth-order valence-electron chi connectivity index (χ4n) is 2.29. The standard InChI is InChI=1S/C17H19NO5/c1-22-14-6-4-12(5-7-14)13(10-17(20)21)9-16(19)18-11-15-3-2-8-23-15/h2-8,13H,9-11H2,1H3,(H,18,19)(H,20,21). The van der Waals surface area contributed by atoms with E-state index < -0.39 is 11.9 Å². The quantitative estimate of drug-likeness (QED) is 0.781. The number of carbonyl (C=O) groups excluding carboxylic acids is 1. The van der Waals surface area contributed by atoms with Gasteiger partial charge in [-0.25, -0.2) is 0 Å². The maximum Gasteiger partial charge on any atom is 0.303 e. The lowest BCUT2D eigenvalue weighted by atomic mass is 9.92. The Morgan fingerprint density at radius 2 is 1.96 bits per heavy atom. The number of carbonyl (C=O) groups is 2. The molecule has 1 aromatic carbocycles. The zero-order chi connectivity index (χ0) is 16.7. The Hall–Kier alpha value is -2.76. The Kier molecular flexibility index (Phi) is 5.80. The highest BCUT2D eigenvalue weighted by atomic mass is 16.5. The molecule has 0 radical (unpaired) electrons. The third-order valence-corrected chi connectivity index (χ3v) is 3.48. The van der Waals surface area contributed by atoms with Crippen molar-refractivity contribution in [1.29, 1.82) is 0 Å². The van der Waals surface area contributed by atoms with E-state index in [0.717, 1.165) is 5.56 Å². The predicted octanol–water partition coefficient (Wildman–Crippen LogP) is 2.55. The number of carboxylic acids is 1. The lowest BCUT2D eigenvalue weighted by Gasteiger charge is -2.15. The maximum absolute atomic E-state index is 12.1. The van der Waals surface area contributed by atoms with Gasteiger partial charge in [-0.2, -0.15) is 0 Å². The van der Waals surface area contributed by atoms with Crippen LogP contribution in [0.2, 0.25) is 0 Å². The van der Waals surface area contributed by atoms with Crippen LogP contribution in [-0.2, 0) is 16.1 Å². The van der Waals surface area contributed by atoms with Crippen molar-refractivity contribution in [3.8, 4) is 5.75 Å². The highest BCUT2D eigenvalue weighted by Gasteiger charge is 2.19. The average molecular weight is 317 g/mol. The van der Waals surface area contributed by atoms with Crippen LogP contribution in [0.1, 0.15) is 30.1 Å². The van der Waals surface area contributed by atoms with Crippen LogP contribution < -0.4 is 10.1 Å². The molecule has 1 unspecified atom stereocenters. The van der Waals surface area contributed by atoms with Gasteiger partial charge < -0.3 is 19.6 Å². The number of amides is 1. The van der Waals surface area contributed by atoms with Gasteiger partial charge in [0.15, 0.2) is 0 Å². The molecule has 1 heterocycles.